The van der Waals surface area contributed by atoms with E-state index in [0.717, 1.165) is 11.1 Å². The molecule has 2 rings (SSSR count). The molecule has 0 saturated heterocycles. The second-order valence-corrected chi connectivity index (χ2v) is 5.30. The van der Waals surface area contributed by atoms with Crippen LogP contribution in [0.3, 0.4) is 0 Å². The smallest absolute Gasteiger partial charge is 0.141 e. The van der Waals surface area contributed by atoms with Gasteiger partial charge in [0, 0.05) is 0 Å². The summed E-state index contributed by atoms with van der Waals surface area (Å²) in [7, 11) is 0. The van der Waals surface area contributed by atoms with E-state index in [1.54, 1.807) is 18.2 Å². The molecule has 0 aliphatic rings. The molecule has 1 unspecified atom stereocenters. The van der Waals surface area contributed by atoms with Gasteiger partial charge in [-0.3, -0.25) is 0 Å². The maximum absolute atomic E-state index is 13.2. The van der Waals surface area contributed by atoms with Crippen molar-refractivity contribution in [2.45, 2.75) is 12.8 Å². The van der Waals surface area contributed by atoms with Gasteiger partial charge in [-0.2, -0.15) is 0 Å². The summed E-state index contributed by atoms with van der Waals surface area (Å²) in [6.45, 7) is 0.478. The minimum atomic E-state index is -0.426. The van der Waals surface area contributed by atoms with Gasteiger partial charge in [0.25, 0.3) is 0 Å². The Hall–Kier alpha value is -1.45. The summed E-state index contributed by atoms with van der Waals surface area (Å²) in [5.41, 5.74) is 7.62. The Morgan fingerprint density at radius 3 is 2.30 bits per heavy atom. The molecule has 0 fully saturated rings. The van der Waals surface area contributed by atoms with Crippen LogP contribution in [0.1, 0.15) is 11.1 Å². The first-order chi connectivity index (χ1) is 9.58. The fourth-order valence-corrected chi connectivity index (χ4v) is 2.44. The summed E-state index contributed by atoms with van der Waals surface area (Å²) < 4.78 is 26.3. The van der Waals surface area contributed by atoms with E-state index in [0.29, 0.717) is 19.4 Å². The molecule has 0 aliphatic carbocycles. The van der Waals surface area contributed by atoms with Crippen LogP contribution in [0.25, 0.3) is 0 Å². The van der Waals surface area contributed by atoms with Crippen molar-refractivity contribution in [1.82, 2.24) is 0 Å². The Morgan fingerprint density at radius 1 is 1.00 bits per heavy atom. The number of benzene rings is 2. The van der Waals surface area contributed by atoms with Gasteiger partial charge in [-0.15, -0.1) is 0 Å². The van der Waals surface area contributed by atoms with E-state index in [1.807, 2.05) is 6.07 Å². The monoisotopic (exact) mass is 295 g/mol. The van der Waals surface area contributed by atoms with Gasteiger partial charge in [0.2, 0.25) is 0 Å². The van der Waals surface area contributed by atoms with Crippen LogP contribution in [0.15, 0.2) is 42.5 Å². The third kappa shape index (κ3) is 4.02. The van der Waals surface area contributed by atoms with Crippen molar-refractivity contribution in [3.63, 3.8) is 0 Å². The lowest BCUT2D eigenvalue weighted by molar-refractivity contribution is 0.529. The Bertz CT molecular complexity index is 586. The van der Waals surface area contributed by atoms with Gasteiger partial charge in [-0.25, -0.2) is 8.78 Å². The van der Waals surface area contributed by atoms with Crippen molar-refractivity contribution in [3.05, 3.63) is 70.2 Å². The second-order valence-electron chi connectivity index (χ2n) is 4.89. The molecule has 2 aromatic carbocycles. The van der Waals surface area contributed by atoms with Gasteiger partial charge in [0.15, 0.2) is 0 Å². The number of hydrogen-bond donors (Lipinski definition) is 1. The highest BCUT2D eigenvalue weighted by atomic mass is 35.5. The average Bonchev–Trinajstić information content (AvgIpc) is 2.42. The molecule has 0 bridgehead atoms. The molecular weight excluding hydrogens is 280 g/mol. The first-order valence-electron chi connectivity index (χ1n) is 6.47. The Labute approximate surface area is 122 Å². The molecule has 20 heavy (non-hydrogen) atoms. The van der Waals surface area contributed by atoms with E-state index < -0.39 is 5.82 Å². The molecule has 0 saturated carbocycles. The normalized spacial score (nSPS) is 12.4. The molecule has 0 amide bonds. The van der Waals surface area contributed by atoms with E-state index in [2.05, 4.69) is 0 Å². The molecule has 0 spiro atoms. The van der Waals surface area contributed by atoms with Crippen molar-refractivity contribution < 1.29 is 8.78 Å². The molecule has 0 heterocycles. The summed E-state index contributed by atoms with van der Waals surface area (Å²) in [6.07, 6.45) is 1.37. The molecule has 2 aromatic rings. The average molecular weight is 296 g/mol. The van der Waals surface area contributed by atoms with Crippen LogP contribution in [-0.4, -0.2) is 6.54 Å². The lowest BCUT2D eigenvalue weighted by atomic mass is 9.92. The summed E-state index contributed by atoms with van der Waals surface area (Å²) in [6, 6.07) is 11.2. The molecule has 106 valence electrons. The zero-order valence-electron chi connectivity index (χ0n) is 11.0. The van der Waals surface area contributed by atoms with E-state index in [9.17, 15) is 8.78 Å². The van der Waals surface area contributed by atoms with Crippen LogP contribution < -0.4 is 5.73 Å². The standard InChI is InChI=1S/C16H16ClF2N/c17-15-9-12(4-5-16(15)19)7-13(10-20)6-11-2-1-3-14(18)8-11/h1-5,8-9,13H,6-7,10,20H2. The highest BCUT2D eigenvalue weighted by Gasteiger charge is 2.11. The number of nitrogens with two attached hydrogens (primary N) is 1. The summed E-state index contributed by atoms with van der Waals surface area (Å²) in [4.78, 5) is 0. The second kappa shape index (κ2) is 6.82. The molecule has 1 nitrogen and oxygen atoms in total. The molecule has 4 heteroatoms. The van der Waals surface area contributed by atoms with Crippen molar-refractivity contribution >= 4 is 11.6 Å². The maximum atomic E-state index is 13.2. The highest BCUT2D eigenvalue weighted by Crippen LogP contribution is 2.20. The van der Waals surface area contributed by atoms with Crippen LogP contribution in [-0.2, 0) is 12.8 Å². The topological polar surface area (TPSA) is 26.0 Å². The first-order valence-corrected chi connectivity index (χ1v) is 6.84. The van der Waals surface area contributed by atoms with Gasteiger partial charge < -0.3 is 5.73 Å². The Kier molecular flexibility index (Phi) is 5.10. The van der Waals surface area contributed by atoms with E-state index in [-0.39, 0.29) is 16.8 Å². The highest BCUT2D eigenvalue weighted by molar-refractivity contribution is 6.30. The fraction of sp³-hybridized carbons (Fsp3) is 0.250. The summed E-state index contributed by atoms with van der Waals surface area (Å²) in [5, 5.41) is 0.115. The minimum absolute atomic E-state index is 0.115. The van der Waals surface area contributed by atoms with Crippen LogP contribution in [0.2, 0.25) is 5.02 Å². The van der Waals surface area contributed by atoms with Gasteiger partial charge in [-0.05, 0) is 60.7 Å². The molecule has 1 atom stereocenters. The molecule has 2 N–H and O–H groups in total. The van der Waals surface area contributed by atoms with Crippen molar-refractivity contribution in [1.29, 1.82) is 0 Å². The minimum Gasteiger partial charge on any atom is -0.330 e. The van der Waals surface area contributed by atoms with Crippen molar-refractivity contribution in [2.75, 3.05) is 6.54 Å². The SMILES string of the molecule is NCC(Cc1cccc(F)c1)Cc1ccc(F)c(Cl)c1. The molecular formula is C16H16ClF2N. The quantitative estimate of drug-likeness (QED) is 0.887. The van der Waals surface area contributed by atoms with Gasteiger partial charge in [0.1, 0.15) is 11.6 Å². The predicted molar refractivity (Wildman–Crippen MR) is 77.8 cm³/mol. The predicted octanol–water partition coefficient (Wildman–Crippen LogP) is 3.98. The largest absolute Gasteiger partial charge is 0.330 e. The number of halogens is 3. The third-order valence-electron chi connectivity index (χ3n) is 3.26. The van der Waals surface area contributed by atoms with E-state index >= 15 is 0 Å². The lowest BCUT2D eigenvalue weighted by Gasteiger charge is -2.15. The first kappa shape index (κ1) is 14.9. The summed E-state index contributed by atoms with van der Waals surface area (Å²) >= 11 is 5.77. The van der Waals surface area contributed by atoms with E-state index in [4.69, 9.17) is 17.3 Å². The Balaban J connectivity index is 2.07. The Morgan fingerprint density at radius 2 is 1.70 bits per heavy atom. The molecule has 0 aromatic heterocycles. The third-order valence-corrected chi connectivity index (χ3v) is 3.54. The van der Waals surface area contributed by atoms with Gasteiger partial charge in [0.05, 0.1) is 5.02 Å². The fourth-order valence-electron chi connectivity index (χ4n) is 2.24. The number of rotatable bonds is 5. The van der Waals surface area contributed by atoms with Crippen molar-refractivity contribution in [3.8, 4) is 0 Å². The van der Waals surface area contributed by atoms with Gasteiger partial charge in [-0.1, -0.05) is 29.8 Å². The van der Waals surface area contributed by atoms with Crippen LogP contribution in [0, 0.1) is 17.6 Å². The zero-order chi connectivity index (χ0) is 14.5. The maximum Gasteiger partial charge on any atom is 0.141 e. The lowest BCUT2D eigenvalue weighted by Crippen LogP contribution is -2.19. The van der Waals surface area contributed by atoms with Crippen molar-refractivity contribution in [2.24, 2.45) is 11.7 Å². The van der Waals surface area contributed by atoms with Crippen LogP contribution in [0.5, 0.6) is 0 Å². The summed E-state index contributed by atoms with van der Waals surface area (Å²) in [5.74, 6) is -0.508. The van der Waals surface area contributed by atoms with E-state index in [1.165, 1.54) is 18.2 Å². The zero-order valence-corrected chi connectivity index (χ0v) is 11.7. The molecule has 0 aliphatic heterocycles. The molecule has 0 radical (unpaired) electrons. The van der Waals surface area contributed by atoms with Gasteiger partial charge >= 0.3 is 0 Å². The van der Waals surface area contributed by atoms with Crippen LogP contribution in [0.4, 0.5) is 8.78 Å². The number of hydrogen-bond acceptors (Lipinski definition) is 1. The van der Waals surface area contributed by atoms with Crippen LogP contribution >= 0.6 is 11.6 Å².